The molecule has 2 heterocycles. The lowest BCUT2D eigenvalue weighted by Crippen LogP contribution is -2.42. The lowest BCUT2D eigenvalue weighted by atomic mass is 10.1. The first kappa shape index (κ1) is 22.8. The van der Waals surface area contributed by atoms with E-state index in [2.05, 4.69) is 5.32 Å². The van der Waals surface area contributed by atoms with Crippen molar-refractivity contribution in [2.24, 2.45) is 0 Å². The van der Waals surface area contributed by atoms with Gasteiger partial charge in [-0.05, 0) is 37.4 Å². The first-order chi connectivity index (χ1) is 15.9. The minimum Gasteiger partial charge on any atom is -0.326 e. The monoisotopic (exact) mass is 478 g/mol. The summed E-state index contributed by atoms with van der Waals surface area (Å²) in [6.07, 6.45) is 0. The third kappa shape index (κ3) is 5.16. The van der Waals surface area contributed by atoms with E-state index in [0.29, 0.717) is 27.1 Å². The van der Waals surface area contributed by atoms with Gasteiger partial charge in [0, 0.05) is 17.7 Å². The number of para-hydroxylation sites is 1. The fourth-order valence-electron chi connectivity index (χ4n) is 3.40. The van der Waals surface area contributed by atoms with Crippen molar-refractivity contribution >= 4 is 40.6 Å². The summed E-state index contributed by atoms with van der Waals surface area (Å²) in [6, 6.07) is 22.2. The largest absolute Gasteiger partial charge is 0.326 e. The van der Waals surface area contributed by atoms with E-state index in [4.69, 9.17) is 16.7 Å². The number of halogens is 1. The molecule has 0 spiro atoms. The number of carbonyl (C=O) groups is 2. The van der Waals surface area contributed by atoms with E-state index in [1.807, 2.05) is 73.8 Å². The first-order valence-corrected chi connectivity index (χ1v) is 11.7. The number of hydrogen-bond acceptors (Lipinski definition) is 4. The predicted molar refractivity (Wildman–Crippen MR) is 133 cm³/mol. The molecule has 0 radical (unpaired) electrons. The van der Waals surface area contributed by atoms with Gasteiger partial charge in [-0.1, -0.05) is 60.1 Å². The maximum Gasteiger partial charge on any atom is 0.264 e. The normalized spacial score (nSPS) is 10.9. The van der Waals surface area contributed by atoms with Gasteiger partial charge in [0.2, 0.25) is 5.91 Å². The number of nitrogens with zero attached hydrogens (tertiary/aromatic N) is 3. The minimum atomic E-state index is -0.318. The van der Waals surface area contributed by atoms with Crippen LogP contribution in [0.15, 0.2) is 78.2 Å². The molecule has 2 aromatic heterocycles. The van der Waals surface area contributed by atoms with E-state index in [-0.39, 0.29) is 24.4 Å². The van der Waals surface area contributed by atoms with Gasteiger partial charge < -0.3 is 10.2 Å². The number of benzene rings is 2. The average Bonchev–Trinajstić information content (AvgIpc) is 3.48. The van der Waals surface area contributed by atoms with Crippen LogP contribution >= 0.6 is 22.9 Å². The highest BCUT2D eigenvalue weighted by Gasteiger charge is 2.23. The summed E-state index contributed by atoms with van der Waals surface area (Å²) in [4.78, 5) is 28.1. The standard InChI is InChI=1S/C25H23ClN4O2S/c1-17(2)29(25(32)22-13-8-14-33-22)16-24(31)27-23-15-20(18-9-4-3-5-10-18)28-30(23)21-12-7-6-11-19(21)26/h3-15,17H,16H2,1-2H3,(H,27,31). The summed E-state index contributed by atoms with van der Waals surface area (Å²) in [5.41, 5.74) is 2.25. The van der Waals surface area contributed by atoms with Crippen molar-refractivity contribution in [3.63, 3.8) is 0 Å². The molecule has 2 amide bonds. The van der Waals surface area contributed by atoms with Crippen LogP contribution in [0.25, 0.3) is 16.9 Å². The Morgan fingerprint density at radius 1 is 1.06 bits per heavy atom. The summed E-state index contributed by atoms with van der Waals surface area (Å²) in [6.45, 7) is 3.70. The summed E-state index contributed by atoms with van der Waals surface area (Å²) in [5, 5.41) is 9.97. The Morgan fingerprint density at radius 3 is 2.45 bits per heavy atom. The Hall–Kier alpha value is -3.42. The van der Waals surface area contributed by atoms with Crippen LogP contribution in [-0.4, -0.2) is 39.1 Å². The first-order valence-electron chi connectivity index (χ1n) is 10.5. The van der Waals surface area contributed by atoms with E-state index in [1.165, 1.54) is 11.3 Å². The van der Waals surface area contributed by atoms with Gasteiger partial charge in [-0.3, -0.25) is 9.59 Å². The molecule has 8 heteroatoms. The van der Waals surface area contributed by atoms with Crippen LogP contribution < -0.4 is 5.32 Å². The fourth-order valence-corrected chi connectivity index (χ4v) is 4.29. The molecular formula is C25H23ClN4O2S. The Bertz CT molecular complexity index is 1250. The molecule has 2 aromatic carbocycles. The number of anilines is 1. The van der Waals surface area contributed by atoms with Gasteiger partial charge >= 0.3 is 0 Å². The molecule has 1 N–H and O–H groups in total. The Balaban J connectivity index is 1.63. The highest BCUT2D eigenvalue weighted by Crippen LogP contribution is 2.28. The lowest BCUT2D eigenvalue weighted by molar-refractivity contribution is -0.117. The molecule has 0 bridgehead atoms. The van der Waals surface area contributed by atoms with Crippen molar-refractivity contribution in [3.05, 3.63) is 88.1 Å². The Kier molecular flexibility index (Phi) is 6.91. The van der Waals surface area contributed by atoms with E-state index >= 15 is 0 Å². The second-order valence-electron chi connectivity index (χ2n) is 7.70. The minimum absolute atomic E-state index is 0.0806. The van der Waals surface area contributed by atoms with Crippen molar-refractivity contribution in [3.8, 4) is 16.9 Å². The van der Waals surface area contributed by atoms with Crippen molar-refractivity contribution in [2.45, 2.75) is 19.9 Å². The van der Waals surface area contributed by atoms with Gasteiger partial charge in [-0.2, -0.15) is 5.10 Å². The SMILES string of the molecule is CC(C)N(CC(=O)Nc1cc(-c2ccccc2)nn1-c1ccccc1Cl)C(=O)c1cccs1. The highest BCUT2D eigenvalue weighted by molar-refractivity contribution is 7.12. The molecule has 0 unspecified atom stereocenters. The molecule has 33 heavy (non-hydrogen) atoms. The van der Waals surface area contributed by atoms with Crippen LogP contribution in [0.4, 0.5) is 5.82 Å². The van der Waals surface area contributed by atoms with Gasteiger partial charge in [0.15, 0.2) is 0 Å². The quantitative estimate of drug-likeness (QED) is 0.368. The molecule has 168 valence electrons. The number of rotatable bonds is 7. The zero-order valence-electron chi connectivity index (χ0n) is 18.2. The lowest BCUT2D eigenvalue weighted by Gasteiger charge is -2.25. The molecule has 0 fully saturated rings. The molecule has 0 saturated carbocycles. The molecule has 0 atom stereocenters. The fraction of sp³-hybridized carbons (Fsp3) is 0.160. The van der Waals surface area contributed by atoms with Crippen LogP contribution in [0.2, 0.25) is 5.02 Å². The zero-order valence-corrected chi connectivity index (χ0v) is 19.8. The van der Waals surface area contributed by atoms with E-state index < -0.39 is 0 Å². The summed E-state index contributed by atoms with van der Waals surface area (Å²) in [5.74, 6) is -0.0135. The van der Waals surface area contributed by atoms with Crippen LogP contribution in [-0.2, 0) is 4.79 Å². The van der Waals surface area contributed by atoms with Crippen LogP contribution in [0.5, 0.6) is 0 Å². The highest BCUT2D eigenvalue weighted by atomic mass is 35.5. The molecule has 0 aliphatic rings. The molecule has 4 aromatic rings. The maximum atomic E-state index is 13.0. The van der Waals surface area contributed by atoms with E-state index in [9.17, 15) is 9.59 Å². The van der Waals surface area contributed by atoms with Crippen molar-refractivity contribution < 1.29 is 9.59 Å². The van der Waals surface area contributed by atoms with Crippen molar-refractivity contribution in [1.82, 2.24) is 14.7 Å². The van der Waals surface area contributed by atoms with E-state index in [1.54, 1.807) is 27.8 Å². The Labute approximate surface area is 201 Å². The van der Waals surface area contributed by atoms with Crippen LogP contribution in [0, 0.1) is 0 Å². The molecule has 0 aliphatic heterocycles. The predicted octanol–water partition coefficient (Wildman–Crippen LogP) is 5.74. The average molecular weight is 479 g/mol. The van der Waals surface area contributed by atoms with Gasteiger partial charge in [0.05, 0.1) is 21.3 Å². The summed E-state index contributed by atoms with van der Waals surface area (Å²) >= 11 is 7.78. The smallest absolute Gasteiger partial charge is 0.264 e. The van der Waals surface area contributed by atoms with Gasteiger partial charge in [-0.15, -0.1) is 11.3 Å². The van der Waals surface area contributed by atoms with Crippen molar-refractivity contribution in [1.29, 1.82) is 0 Å². The molecule has 4 rings (SSSR count). The maximum absolute atomic E-state index is 13.0. The number of hydrogen-bond donors (Lipinski definition) is 1. The van der Waals surface area contributed by atoms with Gasteiger partial charge in [0.1, 0.15) is 12.4 Å². The zero-order chi connectivity index (χ0) is 23.4. The third-order valence-corrected chi connectivity index (χ3v) is 6.23. The summed E-state index contributed by atoms with van der Waals surface area (Å²) < 4.78 is 1.61. The van der Waals surface area contributed by atoms with Gasteiger partial charge in [0.25, 0.3) is 5.91 Å². The molecular weight excluding hydrogens is 456 g/mol. The second-order valence-corrected chi connectivity index (χ2v) is 9.05. The number of aromatic nitrogens is 2. The van der Waals surface area contributed by atoms with E-state index in [0.717, 1.165) is 5.56 Å². The topological polar surface area (TPSA) is 67.2 Å². The van der Waals surface area contributed by atoms with Crippen molar-refractivity contribution in [2.75, 3.05) is 11.9 Å². The van der Waals surface area contributed by atoms with Crippen LogP contribution in [0.3, 0.4) is 0 Å². The number of nitrogens with one attached hydrogen (secondary N) is 1. The molecule has 6 nitrogen and oxygen atoms in total. The number of thiophene rings is 1. The third-order valence-electron chi connectivity index (χ3n) is 5.06. The molecule has 0 saturated heterocycles. The number of carbonyl (C=O) groups excluding carboxylic acids is 2. The Morgan fingerprint density at radius 2 is 1.79 bits per heavy atom. The van der Waals surface area contributed by atoms with Gasteiger partial charge in [-0.25, -0.2) is 4.68 Å². The van der Waals surface area contributed by atoms with Crippen LogP contribution in [0.1, 0.15) is 23.5 Å². The summed E-state index contributed by atoms with van der Waals surface area (Å²) in [7, 11) is 0. The number of amides is 2. The molecule has 0 aliphatic carbocycles. The second kappa shape index (κ2) is 10.0.